The third-order valence-corrected chi connectivity index (χ3v) is 4.80. The summed E-state index contributed by atoms with van der Waals surface area (Å²) in [5.41, 5.74) is 0.911. The second-order valence-electron chi connectivity index (χ2n) is 5.29. The summed E-state index contributed by atoms with van der Waals surface area (Å²) in [7, 11) is 3.30. The van der Waals surface area contributed by atoms with E-state index in [9.17, 15) is 13.6 Å². The molecule has 24 heavy (non-hydrogen) atoms. The third kappa shape index (κ3) is 4.26. The lowest BCUT2D eigenvalue weighted by Crippen LogP contribution is -2.31. The van der Waals surface area contributed by atoms with Crippen molar-refractivity contribution in [3.05, 3.63) is 59.7 Å². The highest BCUT2D eigenvalue weighted by atomic mass is 32.2. The van der Waals surface area contributed by atoms with E-state index in [2.05, 4.69) is 0 Å². The average molecular weight is 351 g/mol. The molecule has 0 bridgehead atoms. The molecule has 6 heteroatoms. The maximum Gasteiger partial charge on any atom is 0.233 e. The van der Waals surface area contributed by atoms with Crippen LogP contribution in [0.5, 0.6) is 5.75 Å². The van der Waals surface area contributed by atoms with E-state index in [1.54, 1.807) is 19.1 Å². The molecule has 0 spiro atoms. The van der Waals surface area contributed by atoms with Gasteiger partial charge < -0.3 is 9.64 Å². The fourth-order valence-electron chi connectivity index (χ4n) is 2.25. The fraction of sp³-hybridized carbons (Fsp3) is 0.278. The number of hydrogen-bond acceptors (Lipinski definition) is 3. The van der Waals surface area contributed by atoms with E-state index in [1.165, 1.54) is 17.8 Å². The number of carbonyl (C=O) groups excluding carboxylic acids is 1. The van der Waals surface area contributed by atoms with E-state index in [0.29, 0.717) is 4.90 Å². The maximum absolute atomic E-state index is 13.2. The molecule has 128 valence electrons. The Morgan fingerprint density at radius 1 is 1.21 bits per heavy atom. The SMILES string of the molecule is COc1ccccc1C(C)N(C)C(=O)CSc1ccc(F)c(F)c1. The molecular weight excluding hydrogens is 332 g/mol. The lowest BCUT2D eigenvalue weighted by Gasteiger charge is -2.26. The summed E-state index contributed by atoms with van der Waals surface area (Å²) in [6, 6.07) is 11.0. The molecule has 0 radical (unpaired) electrons. The Kier molecular flexibility index (Phi) is 6.20. The van der Waals surface area contributed by atoms with Crippen molar-refractivity contribution >= 4 is 17.7 Å². The Balaban J connectivity index is 2.02. The molecule has 0 N–H and O–H groups in total. The minimum atomic E-state index is -0.914. The summed E-state index contributed by atoms with van der Waals surface area (Å²) in [4.78, 5) is 14.5. The molecular formula is C18H19F2NO2S. The number of thioether (sulfide) groups is 1. The molecule has 0 aliphatic carbocycles. The monoisotopic (exact) mass is 351 g/mol. The number of carbonyl (C=O) groups is 1. The first-order valence-corrected chi connectivity index (χ1v) is 8.39. The van der Waals surface area contributed by atoms with Gasteiger partial charge in [-0.3, -0.25) is 4.79 Å². The molecule has 0 fully saturated rings. The molecule has 2 aromatic carbocycles. The molecule has 0 aliphatic heterocycles. The predicted octanol–water partition coefficient (Wildman–Crippen LogP) is 4.29. The van der Waals surface area contributed by atoms with Crippen LogP contribution in [0.1, 0.15) is 18.5 Å². The number of halogens is 2. The van der Waals surface area contributed by atoms with Crippen LogP contribution in [0.3, 0.4) is 0 Å². The minimum Gasteiger partial charge on any atom is -0.496 e. The van der Waals surface area contributed by atoms with Crippen LogP contribution in [0.15, 0.2) is 47.4 Å². The molecule has 1 amide bonds. The van der Waals surface area contributed by atoms with Gasteiger partial charge in [0.25, 0.3) is 0 Å². The summed E-state index contributed by atoms with van der Waals surface area (Å²) < 4.78 is 31.4. The molecule has 2 rings (SSSR count). The lowest BCUT2D eigenvalue weighted by atomic mass is 10.1. The van der Waals surface area contributed by atoms with Crippen LogP contribution in [-0.4, -0.2) is 30.7 Å². The number of rotatable bonds is 6. The summed E-state index contributed by atoms with van der Waals surface area (Å²) in [6.45, 7) is 1.91. The Morgan fingerprint density at radius 2 is 1.92 bits per heavy atom. The van der Waals surface area contributed by atoms with E-state index in [0.717, 1.165) is 23.4 Å². The fourth-order valence-corrected chi connectivity index (χ4v) is 3.09. The second-order valence-corrected chi connectivity index (χ2v) is 6.34. The average Bonchev–Trinajstić information content (AvgIpc) is 2.61. The van der Waals surface area contributed by atoms with E-state index >= 15 is 0 Å². The van der Waals surface area contributed by atoms with Gasteiger partial charge in [-0.05, 0) is 31.2 Å². The largest absolute Gasteiger partial charge is 0.496 e. The summed E-state index contributed by atoms with van der Waals surface area (Å²) in [5.74, 6) is -1.06. The molecule has 0 saturated carbocycles. The Morgan fingerprint density at radius 3 is 2.58 bits per heavy atom. The van der Waals surface area contributed by atoms with Gasteiger partial charge in [0.05, 0.1) is 18.9 Å². The number of hydrogen-bond donors (Lipinski definition) is 0. The summed E-state index contributed by atoms with van der Waals surface area (Å²) in [5, 5.41) is 0. The molecule has 1 atom stereocenters. The van der Waals surface area contributed by atoms with Crippen LogP contribution in [0.4, 0.5) is 8.78 Å². The van der Waals surface area contributed by atoms with Crippen LogP contribution in [-0.2, 0) is 4.79 Å². The predicted molar refractivity (Wildman–Crippen MR) is 91.3 cm³/mol. The molecule has 0 aliphatic rings. The van der Waals surface area contributed by atoms with Gasteiger partial charge in [0.1, 0.15) is 5.75 Å². The molecule has 0 heterocycles. The van der Waals surface area contributed by atoms with Crippen molar-refractivity contribution < 1.29 is 18.3 Å². The first-order chi connectivity index (χ1) is 11.4. The van der Waals surface area contributed by atoms with Crippen molar-refractivity contribution in [3.8, 4) is 5.75 Å². The van der Waals surface area contributed by atoms with Crippen LogP contribution < -0.4 is 4.74 Å². The van der Waals surface area contributed by atoms with E-state index in [-0.39, 0.29) is 17.7 Å². The van der Waals surface area contributed by atoms with Crippen molar-refractivity contribution in [2.45, 2.75) is 17.9 Å². The van der Waals surface area contributed by atoms with Crippen LogP contribution >= 0.6 is 11.8 Å². The van der Waals surface area contributed by atoms with E-state index in [1.807, 2.05) is 31.2 Å². The van der Waals surface area contributed by atoms with E-state index < -0.39 is 11.6 Å². The first kappa shape index (κ1) is 18.3. The standard InChI is InChI=1S/C18H19F2NO2S/c1-12(14-6-4-5-7-17(14)23-3)21(2)18(22)11-24-13-8-9-15(19)16(20)10-13/h4-10,12H,11H2,1-3H3. The quantitative estimate of drug-likeness (QED) is 0.728. The third-order valence-electron chi connectivity index (χ3n) is 3.82. The number of nitrogens with zero attached hydrogens (tertiary/aromatic N) is 1. The zero-order valence-corrected chi connectivity index (χ0v) is 14.6. The number of ether oxygens (including phenoxy) is 1. The van der Waals surface area contributed by atoms with Crippen molar-refractivity contribution in [1.29, 1.82) is 0 Å². The number of methoxy groups -OCH3 is 1. The zero-order chi connectivity index (χ0) is 17.7. The number of para-hydroxylation sites is 1. The Bertz CT molecular complexity index is 724. The van der Waals surface area contributed by atoms with Gasteiger partial charge in [0.15, 0.2) is 11.6 Å². The van der Waals surface area contributed by atoms with Gasteiger partial charge in [0, 0.05) is 17.5 Å². The van der Waals surface area contributed by atoms with Crippen molar-refractivity contribution in [1.82, 2.24) is 4.90 Å². The Labute approximate surface area is 144 Å². The van der Waals surface area contributed by atoms with Crippen molar-refractivity contribution in [3.63, 3.8) is 0 Å². The summed E-state index contributed by atoms with van der Waals surface area (Å²) in [6.07, 6.45) is 0. The van der Waals surface area contributed by atoms with Gasteiger partial charge in [-0.25, -0.2) is 8.78 Å². The highest BCUT2D eigenvalue weighted by molar-refractivity contribution is 8.00. The van der Waals surface area contributed by atoms with Crippen molar-refractivity contribution in [2.24, 2.45) is 0 Å². The molecule has 0 aromatic heterocycles. The smallest absolute Gasteiger partial charge is 0.233 e. The topological polar surface area (TPSA) is 29.5 Å². The number of amides is 1. The van der Waals surface area contributed by atoms with Gasteiger partial charge in [-0.2, -0.15) is 0 Å². The molecule has 0 saturated heterocycles. The molecule has 2 aromatic rings. The van der Waals surface area contributed by atoms with Crippen LogP contribution in [0.2, 0.25) is 0 Å². The minimum absolute atomic E-state index is 0.108. The first-order valence-electron chi connectivity index (χ1n) is 7.40. The van der Waals surface area contributed by atoms with E-state index in [4.69, 9.17) is 4.74 Å². The van der Waals surface area contributed by atoms with Gasteiger partial charge >= 0.3 is 0 Å². The van der Waals surface area contributed by atoms with Gasteiger partial charge in [-0.15, -0.1) is 11.8 Å². The zero-order valence-electron chi connectivity index (χ0n) is 13.8. The van der Waals surface area contributed by atoms with Crippen molar-refractivity contribution in [2.75, 3.05) is 19.9 Å². The van der Waals surface area contributed by atoms with Crippen LogP contribution in [0.25, 0.3) is 0 Å². The van der Waals surface area contributed by atoms with Gasteiger partial charge in [-0.1, -0.05) is 18.2 Å². The normalized spacial score (nSPS) is 11.9. The van der Waals surface area contributed by atoms with Gasteiger partial charge in [0.2, 0.25) is 5.91 Å². The lowest BCUT2D eigenvalue weighted by molar-refractivity contribution is -0.128. The second kappa shape index (κ2) is 8.15. The summed E-state index contributed by atoms with van der Waals surface area (Å²) >= 11 is 1.17. The van der Waals surface area contributed by atoms with Crippen LogP contribution in [0, 0.1) is 11.6 Å². The molecule has 1 unspecified atom stereocenters. The molecule has 3 nitrogen and oxygen atoms in total. The maximum atomic E-state index is 13.2. The number of benzene rings is 2. The Hall–Kier alpha value is -2.08. The highest BCUT2D eigenvalue weighted by Crippen LogP contribution is 2.29. The highest BCUT2D eigenvalue weighted by Gasteiger charge is 2.20.